The molecule has 2 saturated carbocycles. The van der Waals surface area contributed by atoms with Gasteiger partial charge >= 0.3 is 12.4 Å². The minimum Gasteiger partial charge on any atom is -0.329 e. The quantitative estimate of drug-likeness (QED) is 0.119. The lowest BCUT2D eigenvalue weighted by molar-refractivity contribution is -0.598. The van der Waals surface area contributed by atoms with Crippen LogP contribution in [0.5, 0.6) is 0 Å². The molecule has 0 amide bonds. The molecule has 51 heavy (non-hydrogen) atoms. The Balaban J connectivity index is 0.000000160. The van der Waals surface area contributed by atoms with Gasteiger partial charge in [0.25, 0.3) is 5.79 Å². The summed E-state index contributed by atoms with van der Waals surface area (Å²) in [6.07, 6.45) is -1.02. The van der Waals surface area contributed by atoms with Gasteiger partial charge in [-0.1, -0.05) is 33.6 Å². The topological polar surface area (TPSA) is 83.1 Å². The highest BCUT2D eigenvalue weighted by Gasteiger charge is 2.78. The summed E-state index contributed by atoms with van der Waals surface area (Å²) in [4.78, 5) is 22.9. The molecule has 10 fully saturated rings. The Morgan fingerprint density at radius 2 is 1.12 bits per heavy atom. The van der Waals surface area contributed by atoms with Crippen molar-refractivity contribution in [3.8, 4) is 12.3 Å². The molecule has 4 bridgehead atoms. The van der Waals surface area contributed by atoms with Crippen molar-refractivity contribution in [3.63, 3.8) is 0 Å². The van der Waals surface area contributed by atoms with Gasteiger partial charge in [-0.15, -0.1) is 6.42 Å². The summed E-state index contributed by atoms with van der Waals surface area (Å²) in [5.74, 6) is -5.04. The van der Waals surface area contributed by atoms with Gasteiger partial charge in [-0.2, -0.15) is 26.3 Å². The molecule has 0 N–H and O–H groups in total. The summed E-state index contributed by atoms with van der Waals surface area (Å²) in [6.45, 7) is 10.1. The molecule has 10 rings (SSSR count). The fraction of sp³-hybridized carbons (Fsp3) is 0.943. The minimum absolute atomic E-state index is 0.0214. The molecule has 16 heteroatoms. The summed E-state index contributed by atoms with van der Waals surface area (Å²) in [5, 5.41) is 0. The second kappa shape index (κ2) is 12.4. The predicted octanol–water partition coefficient (Wildman–Crippen LogP) is 8.30. The van der Waals surface area contributed by atoms with Gasteiger partial charge in [0, 0.05) is 36.5 Å². The summed E-state index contributed by atoms with van der Waals surface area (Å²) in [7, 11) is 0. The molecule has 0 unspecified atom stereocenters. The van der Waals surface area contributed by atoms with E-state index in [4.69, 9.17) is 49.7 Å². The van der Waals surface area contributed by atoms with Gasteiger partial charge in [-0.25, -0.2) is 19.6 Å². The Hall–Kier alpha value is -0.740. The second-order valence-corrected chi connectivity index (χ2v) is 17.6. The van der Waals surface area contributed by atoms with Crippen LogP contribution in [0.4, 0.5) is 26.3 Å². The lowest BCUT2D eigenvalue weighted by Gasteiger charge is -2.62. The van der Waals surface area contributed by atoms with Crippen molar-refractivity contribution in [3.05, 3.63) is 0 Å². The van der Waals surface area contributed by atoms with Gasteiger partial charge in [0.2, 0.25) is 16.1 Å². The third kappa shape index (κ3) is 5.44. The smallest absolute Gasteiger partial charge is 0.329 e. The summed E-state index contributed by atoms with van der Waals surface area (Å²) < 4.78 is 110. The zero-order valence-electron chi connectivity index (χ0n) is 29.5. The molecule has 9 nitrogen and oxygen atoms in total. The molecule has 0 aromatic carbocycles. The normalized spacial score (nSPS) is 54.5. The molecular formula is C35H47BrF6O9. The molecule has 0 aromatic rings. The fourth-order valence-electron chi connectivity index (χ4n) is 10.9. The Kier molecular flexibility index (Phi) is 9.35. The standard InChI is InChI=1S/C19H25F3O5.C16H22BrF3O4/c1-5-10-23-18(19(20,21)22)12(3)14-7-6-11(2)13-8-9-16(4)24-15(25-18)17(13,14)27-26-16;1-8-4-5-11-9(2)15(17,16(18,19)20)22-12-14(11)10(8)6-7-13(3,21-12)23-24-14/h1,11-15H,6-10H2,2-4H3;8-12H,4-7H2,1-3H3/t11-,12-,13+,14+,15+,16-,17-,18-;8-,9-,10+,11+,12+,13-,14-,15-/m11/s1. The molecule has 2 aliphatic carbocycles. The van der Waals surface area contributed by atoms with E-state index in [2.05, 4.69) is 35.7 Å². The maximum atomic E-state index is 14.2. The predicted molar refractivity (Wildman–Crippen MR) is 167 cm³/mol. The van der Waals surface area contributed by atoms with E-state index in [0.29, 0.717) is 31.6 Å². The van der Waals surface area contributed by atoms with E-state index in [1.807, 2.05) is 0 Å². The van der Waals surface area contributed by atoms with E-state index in [0.717, 1.165) is 25.7 Å². The second-order valence-electron chi connectivity index (χ2n) is 16.4. The highest BCUT2D eigenvalue weighted by Crippen LogP contribution is 2.66. The van der Waals surface area contributed by atoms with Crippen molar-refractivity contribution in [2.75, 3.05) is 6.61 Å². The van der Waals surface area contributed by atoms with Gasteiger partial charge in [-0.05, 0) is 92.0 Å². The Morgan fingerprint density at radius 3 is 1.57 bits per heavy atom. The van der Waals surface area contributed by atoms with E-state index in [9.17, 15) is 26.3 Å². The lowest BCUT2D eigenvalue weighted by atomic mass is 9.57. The van der Waals surface area contributed by atoms with Crippen LogP contribution >= 0.6 is 15.9 Å². The summed E-state index contributed by atoms with van der Waals surface area (Å²) in [6, 6.07) is 0. The van der Waals surface area contributed by atoms with Gasteiger partial charge in [0.1, 0.15) is 6.61 Å². The summed E-state index contributed by atoms with van der Waals surface area (Å²) >= 11 is 2.87. The van der Waals surface area contributed by atoms with Gasteiger partial charge in [0.15, 0.2) is 23.8 Å². The molecule has 0 aromatic heterocycles. The molecule has 8 saturated heterocycles. The van der Waals surface area contributed by atoms with Crippen LogP contribution < -0.4 is 0 Å². The molecule has 2 spiro atoms. The molecular weight excluding hydrogens is 758 g/mol. The first-order chi connectivity index (χ1) is 23.6. The van der Waals surface area contributed by atoms with Crippen molar-refractivity contribution in [1.29, 1.82) is 0 Å². The number of hydrogen-bond acceptors (Lipinski definition) is 9. The van der Waals surface area contributed by atoms with Crippen LogP contribution in [0.1, 0.15) is 92.9 Å². The molecule has 8 aliphatic heterocycles. The molecule has 10 aliphatic rings. The lowest BCUT2D eigenvalue weighted by Crippen LogP contribution is -2.76. The van der Waals surface area contributed by atoms with E-state index >= 15 is 0 Å². The first kappa shape index (κ1) is 38.5. The number of alkyl halides is 7. The number of terminal acetylenes is 1. The van der Waals surface area contributed by atoms with Crippen LogP contribution in [0.3, 0.4) is 0 Å². The number of rotatable bonds is 2. The number of ether oxygens (including phenoxy) is 5. The first-order valence-corrected chi connectivity index (χ1v) is 18.8. The van der Waals surface area contributed by atoms with E-state index in [-0.39, 0.29) is 23.7 Å². The first-order valence-electron chi connectivity index (χ1n) is 18.0. The Morgan fingerprint density at radius 1 is 0.647 bits per heavy atom. The third-order valence-electron chi connectivity index (χ3n) is 13.7. The van der Waals surface area contributed by atoms with E-state index < -0.39 is 82.4 Å². The van der Waals surface area contributed by atoms with Crippen LogP contribution in [-0.4, -0.2) is 64.6 Å². The summed E-state index contributed by atoms with van der Waals surface area (Å²) in [5.41, 5.74) is -2.06. The van der Waals surface area contributed by atoms with Crippen LogP contribution in [0.15, 0.2) is 0 Å². The van der Waals surface area contributed by atoms with Crippen LogP contribution in [-0.2, 0) is 43.2 Å². The number of halogens is 7. The van der Waals surface area contributed by atoms with Gasteiger partial charge in [-0.3, -0.25) is 0 Å². The fourth-order valence-corrected chi connectivity index (χ4v) is 11.4. The SMILES string of the molecule is C#CCO[C@@]1(C(F)(F)F)O[C@@H]2O[C@@]3(C)CC[C@H]4[C@H](C)CC[C@@H]([C@H]1C)[C@@]24OO3.C[C@@H]1CC[C@H]2[C@@H](C)[C@](Br)(C(F)(F)F)O[C@@H]3O[C@@]4(C)CC[C@@H]1[C@]32OO4. The van der Waals surface area contributed by atoms with Crippen LogP contribution in [0, 0.1) is 59.7 Å². The Labute approximate surface area is 302 Å². The van der Waals surface area contributed by atoms with Gasteiger partial charge in [0.05, 0.1) is 0 Å². The third-order valence-corrected chi connectivity index (χ3v) is 15.0. The van der Waals surface area contributed by atoms with Gasteiger partial charge < -0.3 is 23.7 Å². The number of hydrogen-bond donors (Lipinski definition) is 0. The van der Waals surface area contributed by atoms with Crippen LogP contribution in [0.25, 0.3) is 0 Å². The monoisotopic (exact) mass is 804 g/mol. The van der Waals surface area contributed by atoms with Crippen molar-refractivity contribution in [1.82, 2.24) is 0 Å². The van der Waals surface area contributed by atoms with Crippen LogP contribution in [0.2, 0.25) is 0 Å². The molecule has 290 valence electrons. The van der Waals surface area contributed by atoms with Crippen molar-refractivity contribution in [2.45, 2.75) is 151 Å². The number of fused-ring (bicyclic) bond motifs is 4. The molecule has 8 heterocycles. The zero-order valence-corrected chi connectivity index (χ0v) is 31.1. The van der Waals surface area contributed by atoms with E-state index in [1.54, 1.807) is 20.8 Å². The van der Waals surface area contributed by atoms with E-state index in [1.165, 1.54) is 6.92 Å². The van der Waals surface area contributed by atoms with Crippen molar-refractivity contribution >= 4 is 15.9 Å². The highest BCUT2D eigenvalue weighted by molar-refractivity contribution is 9.10. The maximum absolute atomic E-state index is 14.2. The average molecular weight is 806 g/mol. The Bertz CT molecular complexity index is 1400. The highest BCUT2D eigenvalue weighted by atomic mass is 79.9. The minimum atomic E-state index is -4.78. The average Bonchev–Trinajstić information content (AvgIpc) is 3.41. The zero-order chi connectivity index (χ0) is 37.2. The van der Waals surface area contributed by atoms with Crippen molar-refractivity contribution < 1.29 is 69.6 Å². The van der Waals surface area contributed by atoms with Crippen molar-refractivity contribution in [2.24, 2.45) is 47.3 Å². The molecule has 16 atom stereocenters. The molecule has 0 radical (unpaired) electrons. The maximum Gasteiger partial charge on any atom is 0.443 e. The largest absolute Gasteiger partial charge is 0.443 e.